The summed E-state index contributed by atoms with van der Waals surface area (Å²) in [4.78, 5) is 0. The van der Waals surface area contributed by atoms with Gasteiger partial charge in [0, 0.05) is 19.5 Å². The molecule has 0 rings (SSSR count). The van der Waals surface area contributed by atoms with E-state index in [0.29, 0.717) is 0 Å². The van der Waals surface area contributed by atoms with E-state index in [9.17, 15) is 0 Å². The Morgan fingerprint density at radius 2 is 1.25 bits per heavy atom. The summed E-state index contributed by atoms with van der Waals surface area (Å²) in [5.74, 6) is 0. The van der Waals surface area contributed by atoms with Crippen molar-refractivity contribution < 1.29 is 48.3 Å². The second-order valence-electron chi connectivity index (χ2n) is 0.0833. The van der Waals surface area contributed by atoms with E-state index in [2.05, 4.69) is 0 Å². The zero-order valence-electron chi connectivity index (χ0n) is 1.65. The first kappa shape index (κ1) is 8.92. The molecule has 0 bridgehead atoms. The summed E-state index contributed by atoms with van der Waals surface area (Å²) >= 11 is -2.27. The molecule has 0 heterocycles. The zero-order valence-corrected chi connectivity index (χ0v) is 5.75. The minimum absolute atomic E-state index is 0. The van der Waals surface area contributed by atoms with Gasteiger partial charge in [0.05, 0.1) is 0 Å². The van der Waals surface area contributed by atoms with Crippen LogP contribution in [0.4, 0.5) is 0 Å². The largest absolute Gasteiger partial charge is 0 e. The maximum Gasteiger partial charge on any atom is 0 e. The third-order valence-electron chi connectivity index (χ3n) is 0. The van der Waals surface area contributed by atoms with Crippen molar-refractivity contribution in [1.82, 2.24) is 0 Å². The van der Waals surface area contributed by atoms with E-state index in [4.69, 9.17) is 5.63 Å². The fraction of sp³-hybridized carbons (Fsp3) is 0. The smallest absolute Gasteiger partial charge is 0 e. The molecule has 0 aliphatic rings. The van der Waals surface area contributed by atoms with Gasteiger partial charge in [-0.25, -0.2) is 0 Å². The average Bonchev–Trinajstić information content (AvgIpc) is 0.918. The SMILES string of the molecule is [O]=[Zr]=[O].[Rh]. The molecule has 25 valence electrons. The standard InChI is InChI=1S/2O.Rh.Zr. The maximum absolute atomic E-state index is 8.54. The molecule has 2 nitrogen and oxygen atoms in total. The molecular formula is O2RhZr. The summed E-state index contributed by atoms with van der Waals surface area (Å²) in [5.41, 5.74) is 0. The zero-order chi connectivity index (χ0) is 2.71. The first-order valence-electron chi connectivity index (χ1n) is 0.408. The molecule has 4 heavy (non-hydrogen) atoms. The molecule has 0 atom stereocenters. The second kappa shape index (κ2) is 8.93. The van der Waals surface area contributed by atoms with Crippen molar-refractivity contribution in [1.29, 1.82) is 0 Å². The Kier molecular flexibility index (Phi) is 19.9. The monoisotopic (exact) mass is 225 g/mol. The van der Waals surface area contributed by atoms with E-state index in [1.807, 2.05) is 0 Å². The van der Waals surface area contributed by atoms with E-state index in [-0.39, 0.29) is 19.5 Å². The van der Waals surface area contributed by atoms with Crippen molar-refractivity contribution in [3.63, 3.8) is 0 Å². The molecule has 0 N–H and O–H groups in total. The topological polar surface area (TPSA) is 34.1 Å². The van der Waals surface area contributed by atoms with Crippen LogP contribution in [0.5, 0.6) is 0 Å². The normalized spacial score (nSPS) is 2.00. The molecule has 4 heteroatoms. The van der Waals surface area contributed by atoms with Gasteiger partial charge in [-0.3, -0.25) is 0 Å². The molecule has 0 aromatic heterocycles. The van der Waals surface area contributed by atoms with Gasteiger partial charge in [-0.1, -0.05) is 0 Å². The Bertz CT molecular complexity index is 27.0. The fourth-order valence-electron chi connectivity index (χ4n) is 0. The van der Waals surface area contributed by atoms with Crippen LogP contribution in [0.2, 0.25) is 0 Å². The Labute approximate surface area is 48.2 Å². The molecule has 0 saturated heterocycles. The third kappa shape index (κ3) is 11.3. The van der Waals surface area contributed by atoms with Gasteiger partial charge < -0.3 is 0 Å². The average molecular weight is 226 g/mol. The number of hydrogen-bond donors (Lipinski definition) is 0. The van der Waals surface area contributed by atoms with E-state index < -0.39 is 23.2 Å². The van der Waals surface area contributed by atoms with Crippen LogP contribution >= 0.6 is 0 Å². The van der Waals surface area contributed by atoms with Gasteiger partial charge >= 0.3 is 28.9 Å². The van der Waals surface area contributed by atoms with Crippen molar-refractivity contribution in [2.45, 2.75) is 0 Å². The molecule has 0 aliphatic heterocycles. The van der Waals surface area contributed by atoms with E-state index in [1.165, 1.54) is 0 Å². The van der Waals surface area contributed by atoms with Gasteiger partial charge in [0.15, 0.2) is 0 Å². The van der Waals surface area contributed by atoms with Gasteiger partial charge in [-0.15, -0.1) is 0 Å². The summed E-state index contributed by atoms with van der Waals surface area (Å²) in [7, 11) is 0. The van der Waals surface area contributed by atoms with Crippen LogP contribution in [0.1, 0.15) is 0 Å². The fourth-order valence-corrected chi connectivity index (χ4v) is 0. The Morgan fingerprint density at radius 1 is 1.25 bits per heavy atom. The summed E-state index contributed by atoms with van der Waals surface area (Å²) in [6.07, 6.45) is 0. The minimum atomic E-state index is -2.27. The molecule has 0 saturated carbocycles. The van der Waals surface area contributed by atoms with Gasteiger partial charge in [-0.05, 0) is 0 Å². The van der Waals surface area contributed by atoms with Crippen LogP contribution in [0.15, 0.2) is 0 Å². The quantitative estimate of drug-likeness (QED) is 0.534. The molecular weight excluding hydrogens is 226 g/mol. The van der Waals surface area contributed by atoms with Crippen molar-refractivity contribution in [3.8, 4) is 0 Å². The summed E-state index contributed by atoms with van der Waals surface area (Å²) < 4.78 is 17.1. The molecule has 0 amide bonds. The van der Waals surface area contributed by atoms with E-state index in [1.54, 1.807) is 0 Å². The van der Waals surface area contributed by atoms with E-state index in [0.717, 1.165) is 0 Å². The molecule has 0 aromatic rings. The molecule has 0 fully saturated rings. The van der Waals surface area contributed by atoms with Crippen molar-refractivity contribution in [2.75, 3.05) is 0 Å². The minimum Gasteiger partial charge on any atom is 0 e. The second-order valence-corrected chi connectivity index (χ2v) is 0.493. The van der Waals surface area contributed by atoms with Crippen molar-refractivity contribution in [3.05, 3.63) is 0 Å². The van der Waals surface area contributed by atoms with Crippen LogP contribution in [-0.2, 0) is 48.3 Å². The summed E-state index contributed by atoms with van der Waals surface area (Å²) in [6.45, 7) is 0. The van der Waals surface area contributed by atoms with Crippen LogP contribution in [0.25, 0.3) is 0 Å². The van der Waals surface area contributed by atoms with Crippen LogP contribution in [0.3, 0.4) is 0 Å². The van der Waals surface area contributed by atoms with Gasteiger partial charge in [0.25, 0.3) is 0 Å². The summed E-state index contributed by atoms with van der Waals surface area (Å²) in [6, 6.07) is 0. The predicted octanol–water partition coefficient (Wildman–Crippen LogP) is -0.243. The van der Waals surface area contributed by atoms with Crippen molar-refractivity contribution >= 4 is 0 Å². The first-order valence-corrected chi connectivity index (χ1v) is 2.42. The predicted molar refractivity (Wildman–Crippen MR) is 1.37 cm³/mol. The first-order chi connectivity index (χ1) is 1.41. The molecule has 1 radical (unpaired) electrons. The molecule has 0 spiro atoms. The maximum atomic E-state index is 8.54. The van der Waals surface area contributed by atoms with Crippen molar-refractivity contribution in [2.24, 2.45) is 0 Å². The van der Waals surface area contributed by atoms with Gasteiger partial charge in [0.2, 0.25) is 0 Å². The molecule has 0 aromatic carbocycles. The van der Waals surface area contributed by atoms with Gasteiger partial charge in [0.1, 0.15) is 0 Å². The Hall–Kier alpha value is 1.11. The van der Waals surface area contributed by atoms with Crippen LogP contribution < -0.4 is 0 Å². The van der Waals surface area contributed by atoms with Crippen LogP contribution in [0, 0.1) is 0 Å². The third-order valence-corrected chi connectivity index (χ3v) is 0. The molecule has 0 unspecified atom stereocenters. The number of rotatable bonds is 0. The summed E-state index contributed by atoms with van der Waals surface area (Å²) in [5, 5.41) is 0. The Morgan fingerprint density at radius 3 is 1.25 bits per heavy atom. The van der Waals surface area contributed by atoms with Gasteiger partial charge in [-0.2, -0.15) is 0 Å². The Balaban J connectivity index is 0. The van der Waals surface area contributed by atoms with Crippen LogP contribution in [-0.4, -0.2) is 0 Å². The van der Waals surface area contributed by atoms with E-state index >= 15 is 0 Å². The molecule has 0 aliphatic carbocycles. The number of hydrogen-bond acceptors (Lipinski definition) is 2.